The van der Waals surface area contributed by atoms with Crippen molar-refractivity contribution < 1.29 is 4.42 Å². The van der Waals surface area contributed by atoms with Crippen molar-refractivity contribution in [2.75, 3.05) is 0 Å². The SMILES string of the molecule is Cc1nc(-c2ccc(Br)cc2)c(Br)o1. The van der Waals surface area contributed by atoms with Crippen LogP contribution in [0.25, 0.3) is 11.3 Å². The summed E-state index contributed by atoms with van der Waals surface area (Å²) in [7, 11) is 0. The van der Waals surface area contributed by atoms with Crippen LogP contribution in [0.15, 0.2) is 37.8 Å². The number of halogens is 2. The standard InChI is InChI=1S/C10H7Br2NO/c1-6-13-9(10(12)14-6)7-2-4-8(11)5-3-7/h2-5H,1H3. The molecule has 0 spiro atoms. The molecule has 0 saturated heterocycles. The molecule has 72 valence electrons. The number of rotatable bonds is 1. The summed E-state index contributed by atoms with van der Waals surface area (Å²) in [6, 6.07) is 7.94. The molecule has 0 aliphatic heterocycles. The maximum absolute atomic E-state index is 5.29. The van der Waals surface area contributed by atoms with Crippen LogP contribution in [0.5, 0.6) is 0 Å². The molecule has 0 N–H and O–H groups in total. The summed E-state index contributed by atoms with van der Waals surface area (Å²) < 4.78 is 7.02. The highest BCUT2D eigenvalue weighted by atomic mass is 79.9. The second kappa shape index (κ2) is 3.87. The molecule has 0 aliphatic rings. The van der Waals surface area contributed by atoms with Crippen LogP contribution >= 0.6 is 31.9 Å². The van der Waals surface area contributed by atoms with Crippen molar-refractivity contribution in [1.29, 1.82) is 0 Å². The smallest absolute Gasteiger partial charge is 0.197 e. The van der Waals surface area contributed by atoms with Gasteiger partial charge in [0, 0.05) is 17.0 Å². The number of oxazole rings is 1. The van der Waals surface area contributed by atoms with Crippen molar-refractivity contribution in [1.82, 2.24) is 4.98 Å². The third kappa shape index (κ3) is 1.91. The summed E-state index contributed by atoms with van der Waals surface area (Å²) in [5.41, 5.74) is 1.88. The van der Waals surface area contributed by atoms with E-state index in [1.54, 1.807) is 0 Å². The maximum Gasteiger partial charge on any atom is 0.197 e. The van der Waals surface area contributed by atoms with E-state index in [0.29, 0.717) is 10.6 Å². The third-order valence-corrected chi connectivity index (χ3v) is 2.88. The molecule has 0 aliphatic carbocycles. The van der Waals surface area contributed by atoms with E-state index in [2.05, 4.69) is 36.8 Å². The van der Waals surface area contributed by atoms with Gasteiger partial charge in [0.05, 0.1) is 0 Å². The summed E-state index contributed by atoms with van der Waals surface area (Å²) in [4.78, 5) is 4.28. The minimum Gasteiger partial charge on any atom is -0.434 e. The molecular formula is C10H7Br2NO. The highest BCUT2D eigenvalue weighted by molar-refractivity contribution is 9.10. The van der Waals surface area contributed by atoms with Crippen molar-refractivity contribution in [3.63, 3.8) is 0 Å². The normalized spacial score (nSPS) is 10.5. The van der Waals surface area contributed by atoms with E-state index in [4.69, 9.17) is 4.42 Å². The fourth-order valence-corrected chi connectivity index (χ4v) is 2.00. The number of aromatic nitrogens is 1. The molecular weight excluding hydrogens is 310 g/mol. The summed E-state index contributed by atoms with van der Waals surface area (Å²) in [5.74, 6) is 0.662. The Bertz CT molecular complexity index is 448. The molecule has 4 heteroatoms. The number of aryl methyl sites for hydroxylation is 1. The van der Waals surface area contributed by atoms with Gasteiger partial charge in [-0.15, -0.1) is 0 Å². The molecule has 0 radical (unpaired) electrons. The summed E-state index contributed by atoms with van der Waals surface area (Å²) >= 11 is 6.72. The predicted molar refractivity (Wildman–Crippen MR) is 62.1 cm³/mol. The highest BCUT2D eigenvalue weighted by Gasteiger charge is 2.09. The van der Waals surface area contributed by atoms with E-state index in [9.17, 15) is 0 Å². The molecule has 2 nitrogen and oxygen atoms in total. The summed E-state index contributed by atoms with van der Waals surface area (Å²) in [6.45, 7) is 1.83. The Morgan fingerprint density at radius 2 is 1.79 bits per heavy atom. The van der Waals surface area contributed by atoms with Crippen molar-refractivity contribution in [3.05, 3.63) is 39.3 Å². The Balaban J connectivity index is 2.49. The molecule has 14 heavy (non-hydrogen) atoms. The van der Waals surface area contributed by atoms with Gasteiger partial charge in [-0.05, 0) is 28.1 Å². The third-order valence-electron chi connectivity index (χ3n) is 1.81. The van der Waals surface area contributed by atoms with Crippen LogP contribution in [0.1, 0.15) is 5.89 Å². The lowest BCUT2D eigenvalue weighted by molar-refractivity contribution is 0.500. The lowest BCUT2D eigenvalue weighted by atomic mass is 10.2. The average Bonchev–Trinajstić information content (AvgIpc) is 2.47. The maximum atomic E-state index is 5.29. The number of nitrogens with zero attached hydrogens (tertiary/aromatic N) is 1. The molecule has 0 saturated carbocycles. The van der Waals surface area contributed by atoms with Crippen molar-refractivity contribution in [2.24, 2.45) is 0 Å². The fraction of sp³-hybridized carbons (Fsp3) is 0.100. The first-order valence-electron chi connectivity index (χ1n) is 4.05. The van der Waals surface area contributed by atoms with E-state index in [1.165, 1.54) is 0 Å². The predicted octanol–water partition coefficient (Wildman–Crippen LogP) is 4.18. The van der Waals surface area contributed by atoms with Gasteiger partial charge in [0.2, 0.25) is 0 Å². The second-order valence-electron chi connectivity index (χ2n) is 2.86. The van der Waals surface area contributed by atoms with Crippen LogP contribution in [-0.4, -0.2) is 4.98 Å². The Morgan fingerprint density at radius 3 is 2.29 bits per heavy atom. The van der Waals surface area contributed by atoms with Gasteiger partial charge in [-0.3, -0.25) is 0 Å². The van der Waals surface area contributed by atoms with Crippen LogP contribution in [0.4, 0.5) is 0 Å². The monoisotopic (exact) mass is 315 g/mol. The van der Waals surface area contributed by atoms with Crippen LogP contribution in [0.3, 0.4) is 0 Å². The van der Waals surface area contributed by atoms with Crippen LogP contribution < -0.4 is 0 Å². The van der Waals surface area contributed by atoms with Crippen LogP contribution in [-0.2, 0) is 0 Å². The largest absolute Gasteiger partial charge is 0.434 e. The fourth-order valence-electron chi connectivity index (χ4n) is 1.19. The first-order chi connectivity index (χ1) is 6.66. The molecule has 0 bridgehead atoms. The number of benzene rings is 1. The average molecular weight is 317 g/mol. The van der Waals surface area contributed by atoms with Gasteiger partial charge in [0.1, 0.15) is 5.69 Å². The Labute approximate surface area is 98.6 Å². The molecule has 2 aromatic rings. The Kier molecular flexibility index (Phi) is 2.74. The van der Waals surface area contributed by atoms with Gasteiger partial charge in [-0.2, -0.15) is 0 Å². The molecule has 0 fully saturated rings. The second-order valence-corrected chi connectivity index (χ2v) is 4.50. The van der Waals surface area contributed by atoms with E-state index in [0.717, 1.165) is 15.7 Å². The molecule has 2 rings (SSSR count). The van der Waals surface area contributed by atoms with Gasteiger partial charge in [0.15, 0.2) is 10.6 Å². The minimum atomic E-state index is 0.662. The quantitative estimate of drug-likeness (QED) is 0.789. The molecule has 1 heterocycles. The summed E-state index contributed by atoms with van der Waals surface area (Å²) in [5, 5.41) is 0. The zero-order chi connectivity index (χ0) is 10.1. The lowest BCUT2D eigenvalue weighted by Gasteiger charge is -1.96. The van der Waals surface area contributed by atoms with Crippen molar-refractivity contribution in [3.8, 4) is 11.3 Å². The van der Waals surface area contributed by atoms with Crippen LogP contribution in [0, 0.1) is 6.92 Å². The van der Waals surface area contributed by atoms with Gasteiger partial charge in [-0.25, -0.2) is 4.98 Å². The minimum absolute atomic E-state index is 0.662. The Hall–Kier alpha value is -0.610. The van der Waals surface area contributed by atoms with Crippen molar-refractivity contribution >= 4 is 31.9 Å². The van der Waals surface area contributed by atoms with E-state index in [-0.39, 0.29) is 0 Å². The highest BCUT2D eigenvalue weighted by Crippen LogP contribution is 2.28. The Morgan fingerprint density at radius 1 is 1.14 bits per heavy atom. The zero-order valence-corrected chi connectivity index (χ0v) is 10.6. The van der Waals surface area contributed by atoms with Gasteiger partial charge in [-0.1, -0.05) is 28.1 Å². The van der Waals surface area contributed by atoms with Gasteiger partial charge >= 0.3 is 0 Å². The molecule has 1 aromatic heterocycles. The number of hydrogen-bond acceptors (Lipinski definition) is 2. The van der Waals surface area contributed by atoms with Crippen molar-refractivity contribution in [2.45, 2.75) is 6.92 Å². The molecule has 1 aromatic carbocycles. The van der Waals surface area contributed by atoms with Gasteiger partial charge in [0.25, 0.3) is 0 Å². The molecule has 0 amide bonds. The lowest BCUT2D eigenvalue weighted by Crippen LogP contribution is -1.78. The van der Waals surface area contributed by atoms with Gasteiger partial charge < -0.3 is 4.42 Å². The first kappa shape index (κ1) is 9.93. The topological polar surface area (TPSA) is 26.0 Å². The first-order valence-corrected chi connectivity index (χ1v) is 5.64. The molecule has 0 atom stereocenters. The van der Waals surface area contributed by atoms with E-state index >= 15 is 0 Å². The number of hydrogen-bond donors (Lipinski definition) is 0. The zero-order valence-electron chi connectivity index (χ0n) is 7.42. The van der Waals surface area contributed by atoms with E-state index < -0.39 is 0 Å². The summed E-state index contributed by atoms with van der Waals surface area (Å²) in [6.07, 6.45) is 0. The van der Waals surface area contributed by atoms with Crippen LogP contribution in [0.2, 0.25) is 0 Å². The van der Waals surface area contributed by atoms with E-state index in [1.807, 2.05) is 31.2 Å². The molecule has 0 unspecified atom stereocenters.